The van der Waals surface area contributed by atoms with Crippen LogP contribution in [-0.2, 0) is 4.79 Å². The summed E-state index contributed by atoms with van der Waals surface area (Å²) < 4.78 is 0. The molecule has 0 aromatic rings. The molecule has 0 rings (SSSR count). The highest BCUT2D eigenvalue weighted by molar-refractivity contribution is 6.04. The number of carboxylic acid groups (broad SMARTS) is 1. The van der Waals surface area contributed by atoms with Crippen molar-refractivity contribution in [2.45, 2.75) is 25.3 Å². The average Bonchev–Trinajstić information content (AvgIpc) is 1.97. The molecule has 0 saturated carbocycles. The van der Waals surface area contributed by atoms with Gasteiger partial charge in [-0.1, -0.05) is 6.42 Å². The quantitative estimate of drug-likeness (QED) is 0.332. The minimum atomic E-state index is -0.908. The highest BCUT2D eigenvalue weighted by Crippen LogP contribution is 1.97. The van der Waals surface area contributed by atoms with Crippen LogP contribution in [0.1, 0.15) is 19.3 Å². The molecule has 0 fully saturated rings. The molecule has 5 heteroatoms. The van der Waals surface area contributed by atoms with E-state index in [1.165, 1.54) is 0 Å². The number of aliphatic carboxylic acids is 1. The fourth-order valence-corrected chi connectivity index (χ4v) is 0.790. The van der Waals surface area contributed by atoms with Crippen molar-refractivity contribution in [1.29, 1.82) is 0 Å². The zero-order valence-electron chi connectivity index (χ0n) is 6.84. The summed E-state index contributed by atoms with van der Waals surface area (Å²) in [7, 11) is 1.87. The number of nitrogens with two attached hydrogens (primary N) is 1. The van der Waals surface area contributed by atoms with Crippen molar-refractivity contribution < 1.29 is 9.90 Å². The van der Waals surface area contributed by atoms with Gasteiger partial charge in [-0.25, -0.2) is 0 Å². The van der Waals surface area contributed by atoms with Gasteiger partial charge in [0.15, 0.2) is 7.98 Å². The van der Waals surface area contributed by atoms with Crippen LogP contribution < -0.4 is 11.0 Å². The van der Waals surface area contributed by atoms with Crippen LogP contribution >= 0.6 is 0 Å². The molecule has 4 nitrogen and oxygen atoms in total. The Bertz CT molecular complexity index is 121. The van der Waals surface area contributed by atoms with Gasteiger partial charge in [0.25, 0.3) is 0 Å². The molecule has 0 heterocycles. The molecule has 0 spiro atoms. The maximum atomic E-state index is 10.2. The number of carboxylic acids is 1. The van der Waals surface area contributed by atoms with E-state index in [9.17, 15) is 4.79 Å². The van der Waals surface area contributed by atoms with E-state index in [0.29, 0.717) is 6.42 Å². The molecule has 0 aliphatic heterocycles. The minimum absolute atomic E-state index is 0.566. The molecule has 0 aromatic carbocycles. The standard InChI is InChI=1S/C6H15BN2O2/c7-9-4-2-1-3-5(8)6(10)11/h5,9H,1-4,7-8H2,(H,10,11)/t5-/m0/s1. The molecule has 0 amide bonds. The summed E-state index contributed by atoms with van der Waals surface area (Å²) in [4.78, 5) is 10.2. The molecule has 0 saturated heterocycles. The summed E-state index contributed by atoms with van der Waals surface area (Å²) in [5, 5.41) is 11.4. The molecule has 0 aliphatic carbocycles. The molecule has 1 atom stereocenters. The van der Waals surface area contributed by atoms with Gasteiger partial charge in [0.1, 0.15) is 6.04 Å². The summed E-state index contributed by atoms with van der Waals surface area (Å²) in [5.74, 6) is -0.908. The predicted octanol–water partition coefficient (Wildman–Crippen LogP) is -1.29. The largest absolute Gasteiger partial charge is 0.480 e. The smallest absolute Gasteiger partial charge is 0.320 e. The van der Waals surface area contributed by atoms with E-state index in [2.05, 4.69) is 5.23 Å². The van der Waals surface area contributed by atoms with E-state index in [1.54, 1.807) is 0 Å². The maximum Gasteiger partial charge on any atom is 0.320 e. The van der Waals surface area contributed by atoms with Gasteiger partial charge in [-0.05, 0) is 19.4 Å². The highest BCUT2D eigenvalue weighted by Gasteiger charge is 2.09. The van der Waals surface area contributed by atoms with Crippen molar-refractivity contribution in [3.63, 3.8) is 0 Å². The normalized spacial score (nSPS) is 12.8. The minimum Gasteiger partial charge on any atom is -0.480 e. The third kappa shape index (κ3) is 5.88. The molecule has 0 unspecified atom stereocenters. The lowest BCUT2D eigenvalue weighted by Gasteiger charge is -2.04. The van der Waals surface area contributed by atoms with E-state index in [4.69, 9.17) is 10.8 Å². The van der Waals surface area contributed by atoms with E-state index >= 15 is 0 Å². The van der Waals surface area contributed by atoms with Gasteiger partial charge < -0.3 is 16.1 Å². The lowest BCUT2D eigenvalue weighted by molar-refractivity contribution is -0.138. The van der Waals surface area contributed by atoms with Crippen molar-refractivity contribution in [3.05, 3.63) is 0 Å². The second-order valence-corrected chi connectivity index (χ2v) is 2.54. The van der Waals surface area contributed by atoms with E-state index in [-0.39, 0.29) is 0 Å². The Labute approximate surface area is 67.6 Å². The van der Waals surface area contributed by atoms with Gasteiger partial charge in [-0.3, -0.25) is 4.79 Å². The summed E-state index contributed by atoms with van der Waals surface area (Å²) >= 11 is 0. The number of carbonyl (C=O) groups is 1. The molecule has 0 radical (unpaired) electrons. The molecule has 11 heavy (non-hydrogen) atoms. The predicted molar refractivity (Wildman–Crippen MR) is 46.0 cm³/mol. The first-order valence-corrected chi connectivity index (χ1v) is 3.81. The van der Waals surface area contributed by atoms with Gasteiger partial charge >= 0.3 is 5.97 Å². The van der Waals surface area contributed by atoms with Crippen LogP contribution in [-0.4, -0.2) is 31.6 Å². The number of unbranched alkanes of at least 4 members (excludes halogenated alkanes) is 1. The van der Waals surface area contributed by atoms with Gasteiger partial charge in [-0.15, -0.1) is 0 Å². The Morgan fingerprint density at radius 2 is 2.27 bits per heavy atom. The van der Waals surface area contributed by atoms with E-state index in [1.807, 2.05) is 7.98 Å². The molecular weight excluding hydrogens is 143 g/mol. The van der Waals surface area contributed by atoms with Crippen LogP contribution in [0.25, 0.3) is 0 Å². The first-order chi connectivity index (χ1) is 5.18. The summed E-state index contributed by atoms with van der Waals surface area (Å²) in [6.45, 7) is 0.923. The van der Waals surface area contributed by atoms with Crippen molar-refractivity contribution in [2.75, 3.05) is 6.54 Å². The van der Waals surface area contributed by atoms with Crippen LogP contribution in [0.15, 0.2) is 0 Å². The molecular formula is C6H15BN2O2. The zero-order valence-corrected chi connectivity index (χ0v) is 6.84. The van der Waals surface area contributed by atoms with Gasteiger partial charge in [0.05, 0.1) is 0 Å². The molecule has 0 aromatic heterocycles. The van der Waals surface area contributed by atoms with Crippen molar-refractivity contribution in [3.8, 4) is 0 Å². The second-order valence-electron chi connectivity index (χ2n) is 2.54. The maximum absolute atomic E-state index is 10.2. The first-order valence-electron chi connectivity index (χ1n) is 3.81. The first kappa shape index (κ1) is 10.5. The Morgan fingerprint density at radius 1 is 1.64 bits per heavy atom. The van der Waals surface area contributed by atoms with Crippen LogP contribution in [0.2, 0.25) is 0 Å². The number of rotatable bonds is 6. The number of hydrogen-bond acceptors (Lipinski definition) is 3. The van der Waals surface area contributed by atoms with Crippen molar-refractivity contribution in [1.82, 2.24) is 5.23 Å². The Balaban J connectivity index is 3.17. The van der Waals surface area contributed by atoms with Crippen LogP contribution in [0.3, 0.4) is 0 Å². The zero-order chi connectivity index (χ0) is 8.69. The third-order valence-electron chi connectivity index (χ3n) is 1.51. The third-order valence-corrected chi connectivity index (χ3v) is 1.51. The number of nitrogens with one attached hydrogen (secondary N) is 1. The Morgan fingerprint density at radius 3 is 2.73 bits per heavy atom. The SMILES string of the molecule is BNCCCC[C@H](N)C(=O)O. The summed E-state index contributed by atoms with van der Waals surface area (Å²) in [6.07, 6.45) is 2.42. The van der Waals surface area contributed by atoms with Crippen LogP contribution in [0.5, 0.6) is 0 Å². The molecule has 64 valence electrons. The molecule has 0 aliphatic rings. The Hall–Kier alpha value is -0.545. The van der Waals surface area contributed by atoms with Crippen molar-refractivity contribution in [2.24, 2.45) is 5.73 Å². The molecule has 0 bridgehead atoms. The van der Waals surface area contributed by atoms with E-state index < -0.39 is 12.0 Å². The fourth-order valence-electron chi connectivity index (χ4n) is 0.790. The van der Waals surface area contributed by atoms with E-state index in [0.717, 1.165) is 19.4 Å². The second kappa shape index (κ2) is 6.18. The summed E-state index contributed by atoms with van der Waals surface area (Å²) in [5.41, 5.74) is 5.28. The summed E-state index contributed by atoms with van der Waals surface area (Å²) in [6, 6.07) is -0.688. The van der Waals surface area contributed by atoms with Gasteiger partial charge in [0, 0.05) is 0 Å². The topological polar surface area (TPSA) is 75.3 Å². The van der Waals surface area contributed by atoms with Gasteiger partial charge in [-0.2, -0.15) is 0 Å². The number of hydrogen-bond donors (Lipinski definition) is 3. The van der Waals surface area contributed by atoms with Crippen LogP contribution in [0, 0.1) is 0 Å². The Kier molecular flexibility index (Phi) is 5.88. The van der Waals surface area contributed by atoms with Crippen molar-refractivity contribution >= 4 is 14.0 Å². The average molecular weight is 158 g/mol. The highest BCUT2D eigenvalue weighted by atomic mass is 16.4. The van der Waals surface area contributed by atoms with Gasteiger partial charge in [0.2, 0.25) is 0 Å². The molecule has 4 N–H and O–H groups in total. The monoisotopic (exact) mass is 158 g/mol. The van der Waals surface area contributed by atoms with Crippen LogP contribution in [0.4, 0.5) is 0 Å². The lowest BCUT2D eigenvalue weighted by atomic mass is 10.1. The fraction of sp³-hybridized carbons (Fsp3) is 0.833. The lowest BCUT2D eigenvalue weighted by Crippen LogP contribution is -2.29.